The zero-order valence-corrected chi connectivity index (χ0v) is 12.5. The van der Waals surface area contributed by atoms with Crippen molar-refractivity contribution in [1.29, 1.82) is 0 Å². The average molecular weight is 314 g/mol. The van der Waals surface area contributed by atoms with Crippen molar-refractivity contribution in [2.75, 3.05) is 12.3 Å². The number of rotatable bonds is 5. The van der Waals surface area contributed by atoms with Gasteiger partial charge in [0.15, 0.2) is 0 Å². The number of thiophene rings is 1. The summed E-state index contributed by atoms with van der Waals surface area (Å²) in [6.45, 7) is 2.18. The van der Waals surface area contributed by atoms with Crippen LogP contribution in [0.1, 0.15) is 12.5 Å². The van der Waals surface area contributed by atoms with Crippen molar-refractivity contribution in [2.24, 2.45) is 0 Å². The summed E-state index contributed by atoms with van der Waals surface area (Å²) in [4.78, 5) is 0. The van der Waals surface area contributed by atoms with Gasteiger partial charge in [-0.15, -0.1) is 11.3 Å². The molecule has 0 spiro atoms. The van der Waals surface area contributed by atoms with Crippen molar-refractivity contribution in [1.82, 2.24) is 4.31 Å². The van der Waals surface area contributed by atoms with Crippen molar-refractivity contribution >= 4 is 27.0 Å². The molecule has 1 aromatic carbocycles. The Labute approximate surface area is 121 Å². The van der Waals surface area contributed by atoms with Crippen LogP contribution in [0.4, 0.5) is 10.1 Å². The summed E-state index contributed by atoms with van der Waals surface area (Å²) in [5.74, 6) is -0.378. The van der Waals surface area contributed by atoms with Gasteiger partial charge in [-0.25, -0.2) is 12.8 Å². The second-order valence-corrected chi connectivity index (χ2v) is 7.34. The first-order valence-electron chi connectivity index (χ1n) is 6.02. The molecule has 4 nitrogen and oxygen atoms in total. The van der Waals surface area contributed by atoms with Crippen LogP contribution in [-0.4, -0.2) is 19.3 Å². The Hall–Kier alpha value is -1.44. The molecule has 108 valence electrons. The SMILES string of the molecule is CCN(Cc1cccc(F)c1)S(=O)(=O)c1cc(N)cs1. The number of hydrogen-bond acceptors (Lipinski definition) is 4. The Balaban J connectivity index is 2.28. The summed E-state index contributed by atoms with van der Waals surface area (Å²) in [5.41, 5.74) is 6.60. The standard InChI is InChI=1S/C13H15FN2O2S2/c1-2-16(8-10-4-3-5-11(14)6-10)20(17,18)13-7-12(15)9-19-13/h3-7,9H,2,8,15H2,1H3. The zero-order valence-electron chi connectivity index (χ0n) is 10.9. The van der Waals surface area contributed by atoms with Crippen molar-refractivity contribution in [2.45, 2.75) is 17.7 Å². The Kier molecular flexibility index (Phi) is 4.42. The minimum atomic E-state index is -3.59. The molecule has 7 heteroatoms. The molecule has 0 aliphatic rings. The van der Waals surface area contributed by atoms with Gasteiger partial charge in [0.05, 0.1) is 0 Å². The number of benzene rings is 1. The maximum absolute atomic E-state index is 13.2. The van der Waals surface area contributed by atoms with Crippen LogP contribution in [0.5, 0.6) is 0 Å². The second-order valence-electron chi connectivity index (χ2n) is 4.26. The molecule has 2 aromatic rings. The molecule has 0 saturated heterocycles. The predicted octanol–water partition coefficient (Wildman–Crippen LogP) is 2.68. The quantitative estimate of drug-likeness (QED) is 0.923. The van der Waals surface area contributed by atoms with E-state index < -0.39 is 10.0 Å². The van der Waals surface area contributed by atoms with E-state index in [1.165, 1.54) is 22.5 Å². The van der Waals surface area contributed by atoms with Gasteiger partial charge in [-0.2, -0.15) is 4.31 Å². The van der Waals surface area contributed by atoms with Gasteiger partial charge in [-0.05, 0) is 23.8 Å². The van der Waals surface area contributed by atoms with Crippen LogP contribution in [0.15, 0.2) is 39.9 Å². The number of nitrogen functional groups attached to an aromatic ring is 1. The molecule has 0 atom stereocenters. The molecule has 0 radical (unpaired) electrons. The second kappa shape index (κ2) is 5.90. The van der Waals surface area contributed by atoms with Crippen molar-refractivity contribution in [3.63, 3.8) is 0 Å². The summed E-state index contributed by atoms with van der Waals surface area (Å²) in [6.07, 6.45) is 0. The third-order valence-electron chi connectivity index (χ3n) is 2.79. The fourth-order valence-electron chi connectivity index (χ4n) is 1.80. The maximum atomic E-state index is 13.2. The predicted molar refractivity (Wildman–Crippen MR) is 78.4 cm³/mol. The van der Waals surface area contributed by atoms with E-state index in [9.17, 15) is 12.8 Å². The third kappa shape index (κ3) is 3.17. The number of hydrogen-bond donors (Lipinski definition) is 1. The topological polar surface area (TPSA) is 63.4 Å². The van der Waals surface area contributed by atoms with E-state index in [0.717, 1.165) is 11.3 Å². The van der Waals surface area contributed by atoms with Gasteiger partial charge >= 0.3 is 0 Å². The third-order valence-corrected chi connectivity index (χ3v) is 6.14. The largest absolute Gasteiger partial charge is 0.398 e. The lowest BCUT2D eigenvalue weighted by molar-refractivity contribution is 0.424. The maximum Gasteiger partial charge on any atom is 0.252 e. The lowest BCUT2D eigenvalue weighted by Gasteiger charge is -2.19. The van der Waals surface area contributed by atoms with Gasteiger partial charge in [0.2, 0.25) is 0 Å². The Morgan fingerprint density at radius 1 is 1.35 bits per heavy atom. The van der Waals surface area contributed by atoms with Crippen LogP contribution < -0.4 is 5.73 Å². The molecule has 0 aliphatic carbocycles. The number of sulfonamides is 1. The number of halogens is 1. The van der Waals surface area contributed by atoms with Crippen LogP contribution in [0.25, 0.3) is 0 Å². The van der Waals surface area contributed by atoms with Crippen LogP contribution in [0.2, 0.25) is 0 Å². The number of anilines is 1. The molecule has 20 heavy (non-hydrogen) atoms. The first kappa shape index (κ1) is 15.0. The van der Waals surface area contributed by atoms with Crippen LogP contribution in [-0.2, 0) is 16.6 Å². The molecule has 0 saturated carbocycles. The van der Waals surface area contributed by atoms with Crippen molar-refractivity contribution < 1.29 is 12.8 Å². The van der Waals surface area contributed by atoms with E-state index in [-0.39, 0.29) is 16.6 Å². The van der Waals surface area contributed by atoms with Gasteiger partial charge in [-0.1, -0.05) is 19.1 Å². The first-order valence-corrected chi connectivity index (χ1v) is 8.34. The lowest BCUT2D eigenvalue weighted by Crippen LogP contribution is -2.29. The van der Waals surface area contributed by atoms with Gasteiger partial charge in [0, 0.05) is 24.2 Å². The van der Waals surface area contributed by atoms with Crippen LogP contribution in [0, 0.1) is 5.82 Å². The minimum Gasteiger partial charge on any atom is -0.398 e. The highest BCUT2D eigenvalue weighted by atomic mass is 32.2. The number of nitrogens with zero attached hydrogens (tertiary/aromatic N) is 1. The molecule has 1 heterocycles. The Morgan fingerprint density at radius 3 is 2.65 bits per heavy atom. The van der Waals surface area contributed by atoms with Crippen molar-refractivity contribution in [3.05, 3.63) is 47.1 Å². The monoisotopic (exact) mass is 314 g/mol. The number of nitrogens with two attached hydrogens (primary N) is 1. The first-order chi connectivity index (χ1) is 9.43. The molecular formula is C13H15FN2O2S2. The normalized spacial score (nSPS) is 11.9. The molecule has 0 aliphatic heterocycles. The molecule has 1 aromatic heterocycles. The average Bonchev–Trinajstić information content (AvgIpc) is 2.83. The highest BCUT2D eigenvalue weighted by molar-refractivity contribution is 7.91. The highest BCUT2D eigenvalue weighted by Crippen LogP contribution is 2.26. The lowest BCUT2D eigenvalue weighted by atomic mass is 10.2. The van der Waals surface area contributed by atoms with E-state index in [0.29, 0.717) is 17.8 Å². The van der Waals surface area contributed by atoms with E-state index in [4.69, 9.17) is 5.73 Å². The summed E-state index contributed by atoms with van der Waals surface area (Å²) in [7, 11) is -3.59. The smallest absolute Gasteiger partial charge is 0.252 e. The van der Waals surface area contributed by atoms with Crippen LogP contribution in [0.3, 0.4) is 0 Å². The van der Waals surface area contributed by atoms with Gasteiger partial charge < -0.3 is 5.73 Å². The van der Waals surface area contributed by atoms with E-state index >= 15 is 0 Å². The molecule has 0 fully saturated rings. The fourth-order valence-corrected chi connectivity index (χ4v) is 4.47. The summed E-state index contributed by atoms with van der Waals surface area (Å²) >= 11 is 1.09. The molecular weight excluding hydrogens is 299 g/mol. The molecule has 0 unspecified atom stereocenters. The van der Waals surface area contributed by atoms with Gasteiger partial charge in [-0.3, -0.25) is 0 Å². The minimum absolute atomic E-state index is 0.133. The van der Waals surface area contributed by atoms with Gasteiger partial charge in [0.1, 0.15) is 10.0 Å². The zero-order chi connectivity index (χ0) is 14.8. The summed E-state index contributed by atoms with van der Waals surface area (Å²) < 4.78 is 39.6. The fraction of sp³-hybridized carbons (Fsp3) is 0.231. The molecule has 2 N–H and O–H groups in total. The molecule has 0 amide bonds. The molecule has 0 bridgehead atoms. The molecule has 2 rings (SSSR count). The summed E-state index contributed by atoms with van der Waals surface area (Å²) in [6, 6.07) is 7.36. The Bertz CT molecular complexity index is 698. The van der Waals surface area contributed by atoms with Crippen molar-refractivity contribution in [3.8, 4) is 0 Å². The van der Waals surface area contributed by atoms with Gasteiger partial charge in [0.25, 0.3) is 10.0 Å². The van der Waals surface area contributed by atoms with E-state index in [1.807, 2.05) is 0 Å². The van der Waals surface area contributed by atoms with E-state index in [1.54, 1.807) is 24.4 Å². The Morgan fingerprint density at radius 2 is 2.10 bits per heavy atom. The van der Waals surface area contributed by atoms with E-state index in [2.05, 4.69) is 0 Å². The highest BCUT2D eigenvalue weighted by Gasteiger charge is 2.24. The van der Waals surface area contributed by atoms with Crippen LogP contribution >= 0.6 is 11.3 Å². The summed E-state index contributed by atoms with van der Waals surface area (Å²) in [5, 5.41) is 1.59.